The van der Waals surface area contributed by atoms with Gasteiger partial charge in [-0.05, 0) is 32.8 Å². The maximum absolute atomic E-state index is 12.0. The summed E-state index contributed by atoms with van der Waals surface area (Å²) in [7, 11) is 0. The van der Waals surface area contributed by atoms with E-state index in [9.17, 15) is 9.90 Å². The number of hydrogen-bond acceptors (Lipinski definition) is 6. The normalized spacial score (nSPS) is 28.8. The zero-order chi connectivity index (χ0) is 17.3. The van der Waals surface area contributed by atoms with Gasteiger partial charge in [0.05, 0.1) is 18.7 Å². The standard InChI is InChI=1S/C17H24N4O3/c1-17(2,3)24-16(23)18-12-9-13(22)15-14(12)19-20-21(15)10-11-7-5-4-6-8-11/h4-8,12-15,22H,9-10H2,1-3H3,(H,18,23)/t12-,13+,14+,15-/m1/s1. The lowest BCUT2D eigenvalue weighted by molar-refractivity contribution is 0.0498. The van der Waals surface area contributed by atoms with Crippen molar-refractivity contribution in [3.05, 3.63) is 35.9 Å². The number of carbonyl (C=O) groups excluding carboxylic acids is 1. The van der Waals surface area contributed by atoms with Crippen molar-refractivity contribution in [3.63, 3.8) is 0 Å². The second-order valence-electron chi connectivity index (χ2n) is 7.33. The summed E-state index contributed by atoms with van der Waals surface area (Å²) in [6.45, 7) is 6.03. The Kier molecular flexibility index (Phi) is 4.45. The highest BCUT2D eigenvalue weighted by Gasteiger charge is 2.50. The topological polar surface area (TPSA) is 86.5 Å². The molecule has 4 atom stereocenters. The number of rotatable bonds is 3. The molecule has 7 nitrogen and oxygen atoms in total. The van der Waals surface area contributed by atoms with E-state index in [4.69, 9.17) is 4.74 Å². The lowest BCUT2D eigenvalue weighted by Gasteiger charge is -2.24. The van der Waals surface area contributed by atoms with E-state index in [1.807, 2.05) is 51.1 Å². The first-order chi connectivity index (χ1) is 11.3. The summed E-state index contributed by atoms with van der Waals surface area (Å²) in [5.41, 5.74) is 0.546. The minimum atomic E-state index is -0.589. The fourth-order valence-electron chi connectivity index (χ4n) is 3.22. The quantitative estimate of drug-likeness (QED) is 0.889. The number of fused-ring (bicyclic) bond motifs is 1. The summed E-state index contributed by atoms with van der Waals surface area (Å²) in [5.74, 6) is 0. The first-order valence-electron chi connectivity index (χ1n) is 8.22. The molecule has 1 heterocycles. The summed E-state index contributed by atoms with van der Waals surface area (Å²) in [6, 6.07) is 9.19. The Bertz CT molecular complexity index is 614. The van der Waals surface area contributed by atoms with Crippen LogP contribution in [0.1, 0.15) is 32.8 Å². The van der Waals surface area contributed by atoms with Gasteiger partial charge in [0.2, 0.25) is 0 Å². The van der Waals surface area contributed by atoms with Gasteiger partial charge < -0.3 is 15.2 Å². The Morgan fingerprint density at radius 1 is 1.38 bits per heavy atom. The molecule has 2 aliphatic rings. The first kappa shape index (κ1) is 16.7. The van der Waals surface area contributed by atoms with Crippen LogP contribution in [0.3, 0.4) is 0 Å². The second-order valence-corrected chi connectivity index (χ2v) is 7.33. The third-order valence-electron chi connectivity index (χ3n) is 4.19. The molecule has 7 heteroatoms. The van der Waals surface area contributed by atoms with Gasteiger partial charge in [-0.15, -0.1) is 0 Å². The molecule has 1 saturated carbocycles. The maximum Gasteiger partial charge on any atom is 0.407 e. The molecular weight excluding hydrogens is 308 g/mol. The van der Waals surface area contributed by atoms with Crippen LogP contribution >= 0.6 is 0 Å². The van der Waals surface area contributed by atoms with Crippen molar-refractivity contribution in [1.29, 1.82) is 0 Å². The van der Waals surface area contributed by atoms with Gasteiger partial charge >= 0.3 is 6.09 Å². The average molecular weight is 332 g/mol. The second kappa shape index (κ2) is 6.39. The highest BCUT2D eigenvalue weighted by atomic mass is 16.6. The Hall–Kier alpha value is -2.15. The van der Waals surface area contributed by atoms with E-state index in [2.05, 4.69) is 15.7 Å². The van der Waals surface area contributed by atoms with Crippen LogP contribution in [-0.2, 0) is 11.3 Å². The number of benzene rings is 1. The summed E-state index contributed by atoms with van der Waals surface area (Å²) < 4.78 is 5.29. The highest BCUT2D eigenvalue weighted by molar-refractivity contribution is 5.68. The SMILES string of the molecule is CC(C)(C)OC(=O)N[C@@H]1C[C@H](O)[C@@H]2[C@H]1N=NN2Cc1ccccc1. The average Bonchev–Trinajstić information content (AvgIpc) is 3.01. The van der Waals surface area contributed by atoms with E-state index in [0.29, 0.717) is 13.0 Å². The smallest absolute Gasteiger partial charge is 0.407 e. The molecule has 0 aromatic heterocycles. The summed E-state index contributed by atoms with van der Waals surface area (Å²) in [4.78, 5) is 12.0. The molecule has 1 fully saturated rings. The molecule has 24 heavy (non-hydrogen) atoms. The number of carbonyl (C=O) groups is 1. The molecule has 0 bridgehead atoms. The zero-order valence-electron chi connectivity index (χ0n) is 14.2. The number of hydrogen-bond donors (Lipinski definition) is 2. The highest BCUT2D eigenvalue weighted by Crippen LogP contribution is 2.34. The van der Waals surface area contributed by atoms with Crippen LogP contribution in [0.5, 0.6) is 0 Å². The molecular formula is C17H24N4O3. The fraction of sp³-hybridized carbons (Fsp3) is 0.588. The van der Waals surface area contributed by atoms with E-state index in [-0.39, 0.29) is 18.1 Å². The van der Waals surface area contributed by atoms with Crippen LogP contribution in [0.15, 0.2) is 40.7 Å². The van der Waals surface area contributed by atoms with Crippen LogP contribution in [0, 0.1) is 0 Å². The van der Waals surface area contributed by atoms with Crippen molar-refractivity contribution >= 4 is 6.09 Å². The molecule has 0 unspecified atom stereocenters. The molecule has 1 aromatic carbocycles. The van der Waals surface area contributed by atoms with E-state index >= 15 is 0 Å². The van der Waals surface area contributed by atoms with Gasteiger partial charge in [-0.25, -0.2) is 4.79 Å². The minimum absolute atomic E-state index is 0.217. The Morgan fingerprint density at radius 2 is 2.08 bits per heavy atom. The van der Waals surface area contributed by atoms with Crippen molar-refractivity contribution in [2.75, 3.05) is 0 Å². The molecule has 1 aliphatic heterocycles. The molecule has 0 saturated heterocycles. The van der Waals surface area contributed by atoms with Gasteiger partial charge in [-0.3, -0.25) is 5.01 Å². The molecule has 2 N–H and O–H groups in total. The number of nitrogens with zero attached hydrogens (tertiary/aromatic N) is 3. The van der Waals surface area contributed by atoms with Crippen LogP contribution in [0.2, 0.25) is 0 Å². The third kappa shape index (κ3) is 3.67. The van der Waals surface area contributed by atoms with Crippen LogP contribution in [-0.4, -0.2) is 46.0 Å². The predicted molar refractivity (Wildman–Crippen MR) is 88.2 cm³/mol. The number of aliphatic hydroxyl groups is 1. The number of aliphatic hydroxyl groups excluding tert-OH is 1. The van der Waals surface area contributed by atoms with Crippen LogP contribution in [0.25, 0.3) is 0 Å². The number of nitrogens with one attached hydrogen (secondary N) is 1. The monoisotopic (exact) mass is 332 g/mol. The number of amides is 1. The van der Waals surface area contributed by atoms with Gasteiger partial charge in [0, 0.05) is 0 Å². The Balaban J connectivity index is 1.63. The molecule has 1 aromatic rings. The van der Waals surface area contributed by atoms with Gasteiger partial charge in [0.1, 0.15) is 17.7 Å². The molecule has 0 spiro atoms. The van der Waals surface area contributed by atoms with E-state index in [0.717, 1.165) is 5.56 Å². The van der Waals surface area contributed by atoms with Gasteiger partial charge in [0.25, 0.3) is 0 Å². The lowest BCUT2D eigenvalue weighted by Crippen LogP contribution is -2.45. The number of ether oxygens (including phenoxy) is 1. The Labute approximate surface area is 141 Å². The summed E-state index contributed by atoms with van der Waals surface area (Å²) in [5, 5.41) is 23.5. The minimum Gasteiger partial charge on any atom is -0.444 e. The maximum atomic E-state index is 12.0. The van der Waals surface area contributed by atoms with Crippen molar-refractivity contribution in [2.45, 2.75) is 63.6 Å². The van der Waals surface area contributed by atoms with Gasteiger partial charge in [-0.1, -0.05) is 35.6 Å². The van der Waals surface area contributed by atoms with Gasteiger partial charge in [-0.2, -0.15) is 5.11 Å². The van der Waals surface area contributed by atoms with Crippen molar-refractivity contribution in [1.82, 2.24) is 10.3 Å². The van der Waals surface area contributed by atoms with Crippen LogP contribution < -0.4 is 5.32 Å². The molecule has 1 aliphatic carbocycles. The van der Waals surface area contributed by atoms with Crippen molar-refractivity contribution in [2.24, 2.45) is 10.3 Å². The van der Waals surface area contributed by atoms with Crippen molar-refractivity contribution < 1.29 is 14.6 Å². The molecule has 130 valence electrons. The Morgan fingerprint density at radius 3 is 2.75 bits per heavy atom. The number of alkyl carbamates (subject to hydrolysis) is 1. The first-order valence-corrected chi connectivity index (χ1v) is 8.22. The van der Waals surface area contributed by atoms with Gasteiger partial charge in [0.15, 0.2) is 0 Å². The van der Waals surface area contributed by atoms with E-state index < -0.39 is 17.8 Å². The summed E-state index contributed by atoms with van der Waals surface area (Å²) in [6.07, 6.45) is -0.635. The molecule has 3 rings (SSSR count). The fourth-order valence-corrected chi connectivity index (χ4v) is 3.22. The van der Waals surface area contributed by atoms with E-state index in [1.54, 1.807) is 5.01 Å². The van der Waals surface area contributed by atoms with E-state index in [1.165, 1.54) is 0 Å². The largest absolute Gasteiger partial charge is 0.444 e. The summed E-state index contributed by atoms with van der Waals surface area (Å²) >= 11 is 0. The lowest BCUT2D eigenvalue weighted by atomic mass is 10.1. The zero-order valence-corrected chi connectivity index (χ0v) is 14.2. The molecule has 1 amide bonds. The third-order valence-corrected chi connectivity index (χ3v) is 4.19. The van der Waals surface area contributed by atoms with Crippen molar-refractivity contribution in [3.8, 4) is 0 Å². The molecule has 0 radical (unpaired) electrons. The predicted octanol–water partition coefficient (Wildman–Crippen LogP) is 2.26. The van der Waals surface area contributed by atoms with Crippen LogP contribution in [0.4, 0.5) is 4.79 Å².